The second kappa shape index (κ2) is 8.37. The summed E-state index contributed by atoms with van der Waals surface area (Å²) in [5.41, 5.74) is -0.823. The molecule has 0 spiro atoms. The Morgan fingerprint density at radius 3 is 1.93 bits per heavy atom. The van der Waals surface area contributed by atoms with Gasteiger partial charge in [-0.25, -0.2) is 9.59 Å². The van der Waals surface area contributed by atoms with E-state index in [4.69, 9.17) is 9.47 Å². The summed E-state index contributed by atoms with van der Waals surface area (Å²) < 4.78 is 10.8. The molecule has 1 amide bonds. The first-order valence-electron chi connectivity index (χ1n) is 8.61. The van der Waals surface area contributed by atoms with Crippen molar-refractivity contribution in [3.05, 3.63) is 39.9 Å². The van der Waals surface area contributed by atoms with Crippen molar-refractivity contribution in [1.29, 1.82) is 0 Å². The Morgan fingerprint density at radius 1 is 1.04 bits per heavy atom. The molecule has 0 saturated heterocycles. The van der Waals surface area contributed by atoms with Crippen LogP contribution in [0.1, 0.15) is 47.1 Å². The highest BCUT2D eigenvalue weighted by Gasteiger charge is 2.33. The number of non-ortho nitro benzene ring substituents is 1. The van der Waals surface area contributed by atoms with Crippen LogP contribution in [0.25, 0.3) is 0 Å². The van der Waals surface area contributed by atoms with Crippen molar-refractivity contribution in [1.82, 2.24) is 4.90 Å². The summed E-state index contributed by atoms with van der Waals surface area (Å²) in [5, 5.41) is 10.8. The molecule has 1 rings (SSSR count). The maximum absolute atomic E-state index is 12.7. The summed E-state index contributed by atoms with van der Waals surface area (Å²) in [6.45, 7) is 10.4. The van der Waals surface area contributed by atoms with Crippen LogP contribution in [-0.4, -0.2) is 46.2 Å². The molecule has 1 aromatic carbocycles. The van der Waals surface area contributed by atoms with E-state index in [9.17, 15) is 19.7 Å². The van der Waals surface area contributed by atoms with Gasteiger partial charge in [0.1, 0.15) is 17.2 Å². The smallest absolute Gasteiger partial charge is 0.410 e. The molecule has 1 aromatic rings. The number of nitro benzene ring substituents is 1. The lowest BCUT2D eigenvalue weighted by Gasteiger charge is -2.31. The van der Waals surface area contributed by atoms with Gasteiger partial charge in [-0.2, -0.15) is 0 Å². The Hall–Kier alpha value is -2.64. The Bertz CT molecular complexity index is 686. The summed E-state index contributed by atoms with van der Waals surface area (Å²) in [6.07, 6.45) is -0.511. The van der Waals surface area contributed by atoms with Gasteiger partial charge in [-0.05, 0) is 47.1 Å². The summed E-state index contributed by atoms with van der Waals surface area (Å²) in [4.78, 5) is 36.6. The SMILES string of the molecule is CN(C(=O)OC(C)(C)C)[C@H](Cc1ccc([N+](=O)[O-])cc1)C(=O)OC(C)(C)C. The fourth-order valence-electron chi connectivity index (χ4n) is 2.19. The molecule has 0 radical (unpaired) electrons. The van der Waals surface area contributed by atoms with Crippen molar-refractivity contribution < 1.29 is 24.0 Å². The van der Waals surface area contributed by atoms with Crippen LogP contribution in [0.3, 0.4) is 0 Å². The molecule has 0 aliphatic rings. The van der Waals surface area contributed by atoms with Crippen molar-refractivity contribution in [2.45, 2.75) is 65.2 Å². The molecule has 1 atom stereocenters. The minimum absolute atomic E-state index is 0.0481. The summed E-state index contributed by atoms with van der Waals surface area (Å²) in [7, 11) is 1.47. The number of carbonyl (C=O) groups excluding carboxylic acids is 2. The Morgan fingerprint density at radius 2 is 1.52 bits per heavy atom. The molecule has 0 unspecified atom stereocenters. The van der Waals surface area contributed by atoms with Gasteiger partial charge in [0.25, 0.3) is 5.69 Å². The fourth-order valence-corrected chi connectivity index (χ4v) is 2.19. The third-order valence-electron chi connectivity index (χ3n) is 3.40. The molecule has 0 aromatic heterocycles. The van der Waals surface area contributed by atoms with Crippen molar-refractivity contribution >= 4 is 17.7 Å². The van der Waals surface area contributed by atoms with E-state index in [-0.39, 0.29) is 12.1 Å². The molecule has 150 valence electrons. The first kappa shape index (κ1) is 22.4. The molecule has 0 heterocycles. The van der Waals surface area contributed by atoms with E-state index in [1.807, 2.05) is 0 Å². The molecule has 8 nitrogen and oxygen atoms in total. The number of ether oxygens (including phenoxy) is 2. The maximum atomic E-state index is 12.7. The molecule has 0 aliphatic heterocycles. The molecule has 0 bridgehead atoms. The van der Waals surface area contributed by atoms with Crippen molar-refractivity contribution in [2.24, 2.45) is 0 Å². The highest BCUT2D eigenvalue weighted by molar-refractivity contribution is 5.82. The van der Waals surface area contributed by atoms with Crippen LogP contribution >= 0.6 is 0 Å². The van der Waals surface area contributed by atoms with E-state index >= 15 is 0 Å². The van der Waals surface area contributed by atoms with Crippen LogP contribution in [0, 0.1) is 10.1 Å². The largest absolute Gasteiger partial charge is 0.458 e. The van der Waals surface area contributed by atoms with Gasteiger partial charge < -0.3 is 9.47 Å². The van der Waals surface area contributed by atoms with Gasteiger partial charge in [-0.15, -0.1) is 0 Å². The normalized spacial score (nSPS) is 12.9. The van der Waals surface area contributed by atoms with Gasteiger partial charge in [0.05, 0.1) is 4.92 Å². The number of carbonyl (C=O) groups is 2. The molecule has 8 heteroatoms. The Kier molecular flexibility index (Phi) is 6.94. The van der Waals surface area contributed by atoms with Gasteiger partial charge in [-0.3, -0.25) is 15.0 Å². The van der Waals surface area contributed by atoms with Crippen LogP contribution in [0.4, 0.5) is 10.5 Å². The van der Waals surface area contributed by atoms with Gasteiger partial charge in [0.15, 0.2) is 0 Å². The third-order valence-corrected chi connectivity index (χ3v) is 3.40. The topological polar surface area (TPSA) is 99.0 Å². The number of nitrogens with zero attached hydrogens (tertiary/aromatic N) is 2. The van der Waals surface area contributed by atoms with Gasteiger partial charge in [0, 0.05) is 25.6 Å². The van der Waals surface area contributed by atoms with Crippen LogP contribution in [0.2, 0.25) is 0 Å². The Balaban J connectivity index is 3.08. The average molecular weight is 380 g/mol. The lowest BCUT2D eigenvalue weighted by Crippen LogP contribution is -2.48. The zero-order chi connectivity index (χ0) is 21.0. The monoisotopic (exact) mass is 380 g/mol. The second-order valence-electron chi connectivity index (χ2n) is 8.27. The lowest BCUT2D eigenvalue weighted by atomic mass is 10.0. The molecule has 0 N–H and O–H groups in total. The number of likely N-dealkylation sites (N-methyl/N-ethyl adjacent to an activating group) is 1. The Labute approximate surface area is 159 Å². The lowest BCUT2D eigenvalue weighted by molar-refractivity contribution is -0.384. The first-order valence-corrected chi connectivity index (χ1v) is 8.61. The van der Waals surface area contributed by atoms with E-state index in [1.165, 1.54) is 24.1 Å². The molecular weight excluding hydrogens is 352 g/mol. The van der Waals surface area contributed by atoms with E-state index < -0.39 is 34.2 Å². The number of benzene rings is 1. The number of nitro groups is 1. The van der Waals surface area contributed by atoms with Crippen LogP contribution in [-0.2, 0) is 20.7 Å². The number of rotatable bonds is 5. The fraction of sp³-hybridized carbons (Fsp3) is 0.579. The van der Waals surface area contributed by atoms with Gasteiger partial charge >= 0.3 is 12.1 Å². The number of hydrogen-bond donors (Lipinski definition) is 0. The van der Waals surface area contributed by atoms with Crippen LogP contribution in [0.15, 0.2) is 24.3 Å². The summed E-state index contributed by atoms with van der Waals surface area (Å²) in [6, 6.07) is 4.89. The highest BCUT2D eigenvalue weighted by atomic mass is 16.6. The third kappa shape index (κ3) is 7.64. The molecule has 0 aliphatic carbocycles. The first-order chi connectivity index (χ1) is 12.2. The molecular formula is C19H28N2O6. The van der Waals surface area contributed by atoms with E-state index in [0.29, 0.717) is 5.56 Å². The predicted octanol–water partition coefficient (Wildman–Crippen LogP) is 3.71. The predicted molar refractivity (Wildman–Crippen MR) is 100 cm³/mol. The van der Waals surface area contributed by atoms with Gasteiger partial charge in [0.2, 0.25) is 0 Å². The minimum Gasteiger partial charge on any atom is -0.458 e. The summed E-state index contributed by atoms with van der Waals surface area (Å²) in [5.74, 6) is -0.575. The quantitative estimate of drug-likeness (QED) is 0.439. The maximum Gasteiger partial charge on any atom is 0.410 e. The van der Waals surface area contributed by atoms with Crippen LogP contribution < -0.4 is 0 Å². The molecule has 0 saturated carbocycles. The molecule has 27 heavy (non-hydrogen) atoms. The number of esters is 1. The van der Waals surface area contributed by atoms with Crippen molar-refractivity contribution in [3.8, 4) is 0 Å². The number of hydrogen-bond acceptors (Lipinski definition) is 6. The van der Waals surface area contributed by atoms with E-state index in [2.05, 4.69) is 0 Å². The minimum atomic E-state index is -0.930. The zero-order valence-electron chi connectivity index (χ0n) is 16.9. The standard InChI is InChI=1S/C19H28N2O6/c1-18(2,3)26-16(22)15(20(7)17(23)27-19(4,5)6)12-13-8-10-14(11-9-13)21(24)25/h8-11,15H,12H2,1-7H3/t15-/m1/s1. The average Bonchev–Trinajstić information content (AvgIpc) is 2.48. The highest BCUT2D eigenvalue weighted by Crippen LogP contribution is 2.19. The number of amides is 1. The molecule has 0 fully saturated rings. The van der Waals surface area contributed by atoms with Crippen molar-refractivity contribution in [3.63, 3.8) is 0 Å². The van der Waals surface area contributed by atoms with E-state index in [1.54, 1.807) is 53.7 Å². The zero-order valence-corrected chi connectivity index (χ0v) is 16.9. The van der Waals surface area contributed by atoms with Crippen LogP contribution in [0.5, 0.6) is 0 Å². The second-order valence-corrected chi connectivity index (χ2v) is 8.27. The van der Waals surface area contributed by atoms with Gasteiger partial charge in [-0.1, -0.05) is 12.1 Å². The van der Waals surface area contributed by atoms with Crippen molar-refractivity contribution in [2.75, 3.05) is 7.05 Å². The summed E-state index contributed by atoms with van der Waals surface area (Å²) >= 11 is 0. The van der Waals surface area contributed by atoms with E-state index in [0.717, 1.165) is 0 Å².